The first-order valence-corrected chi connectivity index (χ1v) is 8.21. The van der Waals surface area contributed by atoms with Gasteiger partial charge in [-0.15, -0.1) is 6.58 Å². The third kappa shape index (κ3) is 3.31. The maximum Gasteiger partial charge on any atom is 0.331 e. The molecule has 3 N–H and O–H groups in total. The Labute approximate surface area is 154 Å². The van der Waals surface area contributed by atoms with Gasteiger partial charge in [0.15, 0.2) is 0 Å². The van der Waals surface area contributed by atoms with Crippen molar-refractivity contribution in [3.63, 3.8) is 0 Å². The second-order valence-corrected chi connectivity index (χ2v) is 5.91. The van der Waals surface area contributed by atoms with Crippen molar-refractivity contribution in [3.05, 3.63) is 62.8 Å². The molecule has 2 aromatic rings. The molecule has 0 bridgehead atoms. The van der Waals surface area contributed by atoms with Crippen molar-refractivity contribution in [2.75, 3.05) is 14.2 Å². The molecule has 142 valence electrons. The van der Waals surface area contributed by atoms with Crippen LogP contribution in [0.15, 0.2) is 45.5 Å². The van der Waals surface area contributed by atoms with Crippen LogP contribution in [0.5, 0.6) is 17.4 Å². The Hall–Kier alpha value is -3.49. The number of hydrogen-bond acceptors (Lipinski definition) is 7. The minimum absolute atomic E-state index is 0.0479. The number of ether oxygens (including phenoxy) is 2. The number of H-pyrrole nitrogens is 1. The van der Waals surface area contributed by atoms with E-state index in [-0.39, 0.29) is 18.2 Å². The molecule has 3 rings (SSSR count). The van der Waals surface area contributed by atoms with Gasteiger partial charge < -0.3 is 20.0 Å². The lowest BCUT2D eigenvalue weighted by Gasteiger charge is -2.16. The third-order valence-electron chi connectivity index (χ3n) is 4.34. The van der Waals surface area contributed by atoms with Gasteiger partial charge in [0.1, 0.15) is 17.1 Å². The number of nitrogens with zero attached hydrogens (tertiary/aromatic N) is 2. The quantitative estimate of drug-likeness (QED) is 0.648. The molecule has 1 aliphatic rings. The molecule has 0 fully saturated rings. The van der Waals surface area contributed by atoms with Crippen LogP contribution in [-0.2, 0) is 6.54 Å². The number of aromatic amines is 1. The van der Waals surface area contributed by atoms with E-state index >= 15 is 0 Å². The summed E-state index contributed by atoms with van der Waals surface area (Å²) in [6.07, 6.45) is 1.76. The average molecular weight is 372 g/mol. The molecule has 0 radical (unpaired) electrons. The summed E-state index contributed by atoms with van der Waals surface area (Å²) in [5.41, 5.74) is 2.63. The molecule has 0 unspecified atom stereocenters. The monoisotopic (exact) mass is 372 g/mol. The van der Waals surface area contributed by atoms with E-state index in [1.165, 1.54) is 6.08 Å². The van der Waals surface area contributed by atoms with Crippen LogP contribution < -0.4 is 26.1 Å². The summed E-state index contributed by atoms with van der Waals surface area (Å²) in [6, 6.07) is 5.09. The van der Waals surface area contributed by atoms with Crippen LogP contribution in [0.1, 0.15) is 23.6 Å². The van der Waals surface area contributed by atoms with Gasteiger partial charge in [-0.1, -0.05) is 6.08 Å². The molecular formula is C18H20N4O5. The fraction of sp³-hybridized carbons (Fsp3) is 0.278. The first-order chi connectivity index (χ1) is 13.0. The van der Waals surface area contributed by atoms with Gasteiger partial charge in [0.25, 0.3) is 5.56 Å². The van der Waals surface area contributed by atoms with Crippen molar-refractivity contribution >= 4 is 5.71 Å². The van der Waals surface area contributed by atoms with Crippen molar-refractivity contribution < 1.29 is 14.6 Å². The van der Waals surface area contributed by atoms with Gasteiger partial charge in [0.05, 0.1) is 26.0 Å². The number of methoxy groups -OCH3 is 2. The lowest BCUT2D eigenvalue weighted by molar-refractivity contribution is 0.392. The molecule has 27 heavy (non-hydrogen) atoms. The minimum atomic E-state index is -0.710. The molecule has 0 saturated heterocycles. The molecule has 1 atom stereocenters. The third-order valence-corrected chi connectivity index (χ3v) is 4.34. The molecule has 1 aromatic carbocycles. The number of allylic oxidation sites excluding steroid dienone is 1. The molecule has 9 nitrogen and oxygen atoms in total. The van der Waals surface area contributed by atoms with E-state index in [0.717, 1.165) is 10.1 Å². The largest absolute Gasteiger partial charge is 0.497 e. The predicted octanol–water partition coefficient (Wildman–Crippen LogP) is 0.884. The first kappa shape index (κ1) is 18.3. The maximum atomic E-state index is 12.3. The van der Waals surface area contributed by atoms with Gasteiger partial charge in [-0.2, -0.15) is 5.10 Å². The Bertz CT molecular complexity index is 1020. The lowest BCUT2D eigenvalue weighted by Crippen LogP contribution is -2.33. The Morgan fingerprint density at radius 2 is 2.15 bits per heavy atom. The summed E-state index contributed by atoms with van der Waals surface area (Å²) in [4.78, 5) is 26.3. The average Bonchev–Trinajstić information content (AvgIpc) is 3.13. The topological polar surface area (TPSA) is 118 Å². The van der Waals surface area contributed by atoms with Gasteiger partial charge in [-0.05, 0) is 18.2 Å². The van der Waals surface area contributed by atoms with E-state index in [1.807, 2.05) is 6.07 Å². The Kier molecular flexibility index (Phi) is 5.02. The zero-order chi connectivity index (χ0) is 19.6. The summed E-state index contributed by atoms with van der Waals surface area (Å²) in [5.74, 6) is 0.850. The Morgan fingerprint density at radius 1 is 1.37 bits per heavy atom. The van der Waals surface area contributed by atoms with Gasteiger partial charge >= 0.3 is 5.69 Å². The Balaban J connectivity index is 1.98. The van der Waals surface area contributed by atoms with E-state index in [1.54, 1.807) is 26.4 Å². The highest BCUT2D eigenvalue weighted by Crippen LogP contribution is 2.34. The lowest BCUT2D eigenvalue weighted by atomic mass is 9.99. The normalized spacial score (nSPS) is 15.8. The van der Waals surface area contributed by atoms with Crippen molar-refractivity contribution in [2.24, 2.45) is 5.10 Å². The molecule has 0 saturated carbocycles. The molecule has 0 amide bonds. The second-order valence-electron chi connectivity index (χ2n) is 5.91. The predicted molar refractivity (Wildman–Crippen MR) is 99.8 cm³/mol. The number of hydrazone groups is 1. The molecule has 9 heteroatoms. The Morgan fingerprint density at radius 3 is 2.81 bits per heavy atom. The van der Waals surface area contributed by atoms with Gasteiger partial charge in [-0.25, -0.2) is 4.79 Å². The second kappa shape index (κ2) is 7.40. The fourth-order valence-corrected chi connectivity index (χ4v) is 3.01. The molecule has 1 aliphatic heterocycles. The number of hydrogen-bond donors (Lipinski definition) is 3. The summed E-state index contributed by atoms with van der Waals surface area (Å²) < 4.78 is 11.7. The van der Waals surface area contributed by atoms with Gasteiger partial charge in [-0.3, -0.25) is 14.3 Å². The maximum absolute atomic E-state index is 12.3. The van der Waals surface area contributed by atoms with E-state index in [2.05, 4.69) is 22.1 Å². The van der Waals surface area contributed by atoms with Crippen LogP contribution in [0.25, 0.3) is 0 Å². The number of rotatable bonds is 6. The molecule has 0 aliphatic carbocycles. The highest BCUT2D eigenvalue weighted by atomic mass is 16.5. The zero-order valence-electron chi connectivity index (χ0n) is 15.0. The van der Waals surface area contributed by atoms with Crippen LogP contribution >= 0.6 is 0 Å². The zero-order valence-corrected chi connectivity index (χ0v) is 15.0. The van der Waals surface area contributed by atoms with Crippen molar-refractivity contribution in [1.29, 1.82) is 0 Å². The molecular weight excluding hydrogens is 352 g/mol. The van der Waals surface area contributed by atoms with E-state index in [9.17, 15) is 14.7 Å². The summed E-state index contributed by atoms with van der Waals surface area (Å²) >= 11 is 0. The van der Waals surface area contributed by atoms with Crippen molar-refractivity contribution in [2.45, 2.75) is 19.0 Å². The van der Waals surface area contributed by atoms with E-state index in [4.69, 9.17) is 9.47 Å². The highest BCUT2D eigenvalue weighted by Gasteiger charge is 2.29. The van der Waals surface area contributed by atoms with Crippen molar-refractivity contribution in [1.82, 2.24) is 15.0 Å². The number of aromatic hydroxyl groups is 1. The number of aromatic nitrogens is 2. The summed E-state index contributed by atoms with van der Waals surface area (Å²) in [6.45, 7) is 3.60. The van der Waals surface area contributed by atoms with E-state index in [0.29, 0.717) is 23.6 Å². The van der Waals surface area contributed by atoms with Crippen LogP contribution in [0, 0.1) is 0 Å². The summed E-state index contributed by atoms with van der Waals surface area (Å²) in [7, 11) is 3.12. The van der Waals surface area contributed by atoms with Gasteiger partial charge in [0, 0.05) is 18.5 Å². The van der Waals surface area contributed by atoms with Crippen LogP contribution in [0.2, 0.25) is 0 Å². The van der Waals surface area contributed by atoms with Gasteiger partial charge in [0.2, 0.25) is 5.88 Å². The standard InChI is InChI=1S/C18H20N4O5/c1-4-7-22-17(24)15(16(23)19-18(22)25)13-9-12(20-21-13)11-8-10(26-2)5-6-14(11)27-3/h4-6,8,12,20,24H,1,7,9H2,2-3H3,(H,19,23,25)/t12-/m1/s1. The first-order valence-electron chi connectivity index (χ1n) is 8.21. The minimum Gasteiger partial charge on any atom is -0.497 e. The number of benzene rings is 1. The highest BCUT2D eigenvalue weighted by molar-refractivity contribution is 6.03. The smallest absolute Gasteiger partial charge is 0.331 e. The fourth-order valence-electron chi connectivity index (χ4n) is 3.01. The molecule has 0 spiro atoms. The molecule has 2 heterocycles. The summed E-state index contributed by atoms with van der Waals surface area (Å²) in [5, 5.41) is 14.6. The molecule has 1 aromatic heterocycles. The number of nitrogens with one attached hydrogen (secondary N) is 2. The SMILES string of the molecule is C=CCn1c(O)c(C2=NN[C@@H](c3cc(OC)ccc3OC)C2)c(=O)[nH]c1=O. The van der Waals surface area contributed by atoms with Crippen molar-refractivity contribution in [3.8, 4) is 17.4 Å². The van der Waals surface area contributed by atoms with Crippen LogP contribution in [0.3, 0.4) is 0 Å². The van der Waals surface area contributed by atoms with E-state index < -0.39 is 17.1 Å². The van der Waals surface area contributed by atoms with Crippen LogP contribution in [0.4, 0.5) is 0 Å². The van der Waals surface area contributed by atoms with Crippen LogP contribution in [-0.4, -0.2) is 34.6 Å².